The molecular formula is C29H38N2O4. The molecule has 2 aromatic carbocycles. The zero-order valence-corrected chi connectivity index (χ0v) is 20.7. The Morgan fingerprint density at radius 1 is 1.06 bits per heavy atom. The van der Waals surface area contributed by atoms with Gasteiger partial charge in [0.2, 0.25) is 5.91 Å². The second-order valence-corrected chi connectivity index (χ2v) is 9.68. The first-order valence-corrected chi connectivity index (χ1v) is 12.7. The minimum absolute atomic E-state index is 0.0240. The van der Waals surface area contributed by atoms with Gasteiger partial charge in [0.1, 0.15) is 0 Å². The molecule has 2 fully saturated rings. The van der Waals surface area contributed by atoms with E-state index in [1.807, 2.05) is 54.6 Å². The average Bonchev–Trinajstić information content (AvgIpc) is 3.42. The minimum Gasteiger partial charge on any atom is -0.392 e. The van der Waals surface area contributed by atoms with E-state index in [2.05, 4.69) is 16.8 Å². The van der Waals surface area contributed by atoms with Gasteiger partial charge in [-0.25, -0.2) is 0 Å². The summed E-state index contributed by atoms with van der Waals surface area (Å²) in [7, 11) is 0. The van der Waals surface area contributed by atoms with Crippen molar-refractivity contribution in [2.45, 2.75) is 76.7 Å². The van der Waals surface area contributed by atoms with E-state index in [1.165, 1.54) is 32.6 Å². The van der Waals surface area contributed by atoms with Crippen LogP contribution in [0.5, 0.6) is 0 Å². The van der Waals surface area contributed by atoms with E-state index in [0.717, 1.165) is 41.8 Å². The van der Waals surface area contributed by atoms with Gasteiger partial charge < -0.3 is 19.9 Å². The van der Waals surface area contributed by atoms with Crippen molar-refractivity contribution in [3.63, 3.8) is 0 Å². The van der Waals surface area contributed by atoms with Gasteiger partial charge in [-0.3, -0.25) is 9.69 Å². The fourth-order valence-electron chi connectivity index (χ4n) is 5.12. The van der Waals surface area contributed by atoms with Gasteiger partial charge in [-0.05, 0) is 29.5 Å². The Hall–Kier alpha value is -2.51. The van der Waals surface area contributed by atoms with E-state index < -0.39 is 6.29 Å². The number of nitrogens with zero attached hydrogens (tertiary/aromatic N) is 1. The zero-order valence-electron chi connectivity index (χ0n) is 20.7. The largest absolute Gasteiger partial charge is 0.392 e. The van der Waals surface area contributed by atoms with Crippen LogP contribution in [0.3, 0.4) is 0 Å². The molecule has 35 heavy (non-hydrogen) atoms. The van der Waals surface area contributed by atoms with Crippen molar-refractivity contribution in [1.82, 2.24) is 10.2 Å². The number of aliphatic hydroxyl groups is 1. The van der Waals surface area contributed by atoms with Crippen LogP contribution < -0.4 is 5.32 Å². The molecule has 1 saturated carbocycles. The smallest absolute Gasteiger partial charge is 0.217 e. The predicted octanol–water partition coefficient (Wildman–Crippen LogP) is 4.79. The molecule has 0 aromatic heterocycles. The number of benzene rings is 2. The third kappa shape index (κ3) is 7.01. The van der Waals surface area contributed by atoms with Gasteiger partial charge >= 0.3 is 0 Å². The van der Waals surface area contributed by atoms with Crippen molar-refractivity contribution in [1.29, 1.82) is 0 Å². The second kappa shape index (κ2) is 12.5. The van der Waals surface area contributed by atoms with Crippen LogP contribution in [0.4, 0.5) is 0 Å². The fraction of sp³-hybridized carbons (Fsp3) is 0.483. The van der Waals surface area contributed by atoms with Crippen molar-refractivity contribution in [3.05, 3.63) is 83.4 Å². The molecule has 2 N–H and O–H groups in total. The van der Waals surface area contributed by atoms with E-state index in [1.54, 1.807) is 0 Å². The van der Waals surface area contributed by atoms with Crippen LogP contribution >= 0.6 is 0 Å². The van der Waals surface area contributed by atoms with Gasteiger partial charge in [-0.15, -0.1) is 6.58 Å². The minimum atomic E-state index is -0.472. The Morgan fingerprint density at radius 3 is 2.34 bits per heavy atom. The number of aliphatic hydroxyl groups excluding tert-OH is 1. The second-order valence-electron chi connectivity index (χ2n) is 9.68. The third-order valence-electron chi connectivity index (χ3n) is 7.05. The van der Waals surface area contributed by atoms with E-state index in [4.69, 9.17) is 9.47 Å². The van der Waals surface area contributed by atoms with Gasteiger partial charge in [-0.2, -0.15) is 0 Å². The first kappa shape index (κ1) is 25.6. The Kier molecular flexibility index (Phi) is 9.10. The number of ether oxygens (including phenoxy) is 2. The molecule has 0 bridgehead atoms. The first-order valence-electron chi connectivity index (χ1n) is 12.7. The molecule has 4 rings (SSSR count). The Labute approximate surface area is 208 Å². The molecule has 6 nitrogen and oxygen atoms in total. The number of rotatable bonds is 10. The lowest BCUT2D eigenvalue weighted by Crippen LogP contribution is -2.43. The van der Waals surface area contributed by atoms with E-state index in [0.29, 0.717) is 12.6 Å². The van der Waals surface area contributed by atoms with Crippen molar-refractivity contribution in [3.8, 4) is 0 Å². The summed E-state index contributed by atoms with van der Waals surface area (Å²) in [6.07, 6.45) is 7.28. The summed E-state index contributed by atoms with van der Waals surface area (Å²) in [4.78, 5) is 13.8. The van der Waals surface area contributed by atoms with Crippen LogP contribution in [0.15, 0.2) is 61.2 Å². The van der Waals surface area contributed by atoms with Crippen molar-refractivity contribution < 1.29 is 19.4 Å². The summed E-state index contributed by atoms with van der Waals surface area (Å²) in [5.74, 6) is -0.0442. The summed E-state index contributed by atoms with van der Waals surface area (Å²) >= 11 is 0. The maximum Gasteiger partial charge on any atom is 0.217 e. The van der Waals surface area contributed by atoms with E-state index in [-0.39, 0.29) is 24.7 Å². The Bertz CT molecular complexity index is 954. The molecule has 3 atom stereocenters. The van der Waals surface area contributed by atoms with Gasteiger partial charge in [-0.1, -0.05) is 67.4 Å². The zero-order chi connectivity index (χ0) is 24.6. The lowest BCUT2D eigenvalue weighted by molar-refractivity contribution is -0.253. The summed E-state index contributed by atoms with van der Waals surface area (Å²) in [6.45, 7) is 7.75. The lowest BCUT2D eigenvalue weighted by Gasteiger charge is -2.39. The summed E-state index contributed by atoms with van der Waals surface area (Å²) in [5, 5.41) is 12.3. The van der Waals surface area contributed by atoms with E-state index >= 15 is 0 Å². The molecule has 2 aromatic rings. The molecule has 6 heteroatoms. The van der Waals surface area contributed by atoms with Gasteiger partial charge in [0.15, 0.2) is 6.29 Å². The van der Waals surface area contributed by atoms with Crippen LogP contribution in [-0.4, -0.2) is 41.1 Å². The van der Waals surface area contributed by atoms with Crippen LogP contribution in [0.2, 0.25) is 0 Å². The lowest BCUT2D eigenvalue weighted by atomic mass is 9.99. The highest BCUT2D eigenvalue weighted by Gasteiger charge is 2.34. The average molecular weight is 479 g/mol. The number of hydrogen-bond acceptors (Lipinski definition) is 5. The molecule has 1 heterocycles. The maximum atomic E-state index is 11.2. The Morgan fingerprint density at radius 2 is 1.71 bits per heavy atom. The highest BCUT2D eigenvalue weighted by molar-refractivity contribution is 5.72. The molecule has 0 radical (unpaired) electrons. The monoisotopic (exact) mass is 478 g/mol. The summed E-state index contributed by atoms with van der Waals surface area (Å²) in [5.41, 5.74) is 3.99. The maximum absolute atomic E-state index is 11.2. The SMILES string of the molecule is C=CCN(C[C@@H]1C[C@H](c2ccc(CO)cc2)O[C@H](c2ccc(CNC(C)=O)cc2)O1)C1CCCC1. The molecule has 1 saturated heterocycles. The highest BCUT2D eigenvalue weighted by Crippen LogP contribution is 2.38. The van der Waals surface area contributed by atoms with Crippen LogP contribution in [0.25, 0.3) is 0 Å². The highest BCUT2D eigenvalue weighted by atomic mass is 16.7. The van der Waals surface area contributed by atoms with Crippen LogP contribution in [0, 0.1) is 0 Å². The first-order chi connectivity index (χ1) is 17.1. The number of hydrogen-bond donors (Lipinski definition) is 2. The summed E-state index contributed by atoms with van der Waals surface area (Å²) < 4.78 is 13.0. The van der Waals surface area contributed by atoms with Crippen molar-refractivity contribution in [2.24, 2.45) is 0 Å². The normalized spacial score (nSPS) is 22.9. The molecule has 0 spiro atoms. The number of carbonyl (C=O) groups excluding carboxylic acids is 1. The molecule has 1 aliphatic heterocycles. The third-order valence-corrected chi connectivity index (χ3v) is 7.05. The number of carbonyl (C=O) groups is 1. The molecular weight excluding hydrogens is 440 g/mol. The van der Waals surface area contributed by atoms with E-state index in [9.17, 15) is 9.90 Å². The van der Waals surface area contributed by atoms with Crippen LogP contribution in [0.1, 0.15) is 73.7 Å². The molecule has 188 valence electrons. The standard InChI is InChI=1S/C29H38N2O4/c1-3-16-31(26-6-4-5-7-26)19-27-17-28(24-12-10-23(20-32)11-13-24)35-29(34-27)25-14-8-22(9-15-25)18-30-21(2)33/h3,8-15,26-29,32H,1,4-7,16-20H2,2H3,(H,30,33)/t27-,28+,29+/m0/s1. The fourth-order valence-corrected chi connectivity index (χ4v) is 5.12. The summed E-state index contributed by atoms with van der Waals surface area (Å²) in [6, 6.07) is 16.7. The van der Waals surface area contributed by atoms with Crippen LogP contribution in [-0.2, 0) is 27.4 Å². The quantitative estimate of drug-likeness (QED) is 0.481. The number of nitrogens with one attached hydrogen (secondary N) is 1. The van der Waals surface area contributed by atoms with Crippen molar-refractivity contribution in [2.75, 3.05) is 13.1 Å². The molecule has 0 unspecified atom stereocenters. The number of amides is 1. The van der Waals surface area contributed by atoms with Gasteiger partial charge in [0, 0.05) is 44.6 Å². The Balaban J connectivity index is 1.52. The van der Waals surface area contributed by atoms with Gasteiger partial charge in [0.05, 0.1) is 18.8 Å². The molecule has 1 amide bonds. The van der Waals surface area contributed by atoms with Crippen molar-refractivity contribution >= 4 is 5.91 Å². The molecule has 1 aliphatic carbocycles. The van der Waals surface area contributed by atoms with Gasteiger partial charge in [0.25, 0.3) is 0 Å². The topological polar surface area (TPSA) is 71.0 Å². The molecule has 2 aliphatic rings. The predicted molar refractivity (Wildman–Crippen MR) is 136 cm³/mol.